The first-order chi connectivity index (χ1) is 8.92. The van der Waals surface area contributed by atoms with Crippen molar-refractivity contribution in [3.05, 3.63) is 15.8 Å². The van der Waals surface area contributed by atoms with E-state index in [2.05, 4.69) is 15.7 Å². The Morgan fingerprint density at radius 2 is 2.16 bits per heavy atom. The van der Waals surface area contributed by atoms with E-state index in [0.717, 1.165) is 0 Å². The topological polar surface area (TPSA) is 102 Å². The molecule has 1 amide bonds. The summed E-state index contributed by atoms with van der Waals surface area (Å²) in [6.45, 7) is 5.77. The first-order valence-electron chi connectivity index (χ1n) is 6.16. The third kappa shape index (κ3) is 3.21. The van der Waals surface area contributed by atoms with Crippen LogP contribution in [0.3, 0.4) is 0 Å². The fourth-order valence-corrected chi connectivity index (χ4v) is 1.76. The van der Waals surface area contributed by atoms with Crippen LogP contribution in [0.25, 0.3) is 0 Å². The number of likely N-dealkylation sites (N-methyl/N-ethyl adjacent to an activating group) is 1. The molecule has 0 bridgehead atoms. The van der Waals surface area contributed by atoms with E-state index in [-0.39, 0.29) is 17.4 Å². The van der Waals surface area contributed by atoms with Crippen LogP contribution < -0.4 is 10.6 Å². The molecule has 0 aliphatic heterocycles. The second kappa shape index (κ2) is 6.17. The van der Waals surface area contributed by atoms with Gasteiger partial charge in [-0.2, -0.15) is 5.10 Å². The second-order valence-electron chi connectivity index (χ2n) is 4.14. The van der Waals surface area contributed by atoms with Gasteiger partial charge in [-0.15, -0.1) is 0 Å². The van der Waals surface area contributed by atoms with Crippen molar-refractivity contribution in [3.8, 4) is 0 Å². The highest BCUT2D eigenvalue weighted by Gasteiger charge is 2.27. The van der Waals surface area contributed by atoms with Gasteiger partial charge in [0.05, 0.1) is 4.92 Å². The van der Waals surface area contributed by atoms with Crippen molar-refractivity contribution < 1.29 is 9.72 Å². The SMILES string of the molecule is CCNC(=O)C(C)Nc1c([N+](=O)[O-])c(CC)nn1C. The van der Waals surface area contributed by atoms with Crippen molar-refractivity contribution in [1.29, 1.82) is 0 Å². The maximum atomic E-state index is 11.6. The summed E-state index contributed by atoms with van der Waals surface area (Å²) in [5.74, 6) is 0.0386. The molecule has 0 aliphatic rings. The summed E-state index contributed by atoms with van der Waals surface area (Å²) >= 11 is 0. The van der Waals surface area contributed by atoms with E-state index in [9.17, 15) is 14.9 Å². The number of aromatic nitrogens is 2. The molecule has 1 aromatic heterocycles. The highest BCUT2D eigenvalue weighted by Crippen LogP contribution is 2.28. The number of nitrogens with zero attached hydrogens (tertiary/aromatic N) is 3. The number of aryl methyl sites for hydroxylation is 2. The fraction of sp³-hybridized carbons (Fsp3) is 0.636. The number of hydrogen-bond acceptors (Lipinski definition) is 5. The van der Waals surface area contributed by atoms with E-state index in [1.165, 1.54) is 4.68 Å². The Morgan fingerprint density at radius 1 is 1.53 bits per heavy atom. The smallest absolute Gasteiger partial charge is 0.334 e. The average molecular weight is 269 g/mol. The minimum Gasteiger partial charge on any atom is -0.355 e. The number of nitro groups is 1. The van der Waals surface area contributed by atoms with Crippen LogP contribution in [0.1, 0.15) is 26.5 Å². The van der Waals surface area contributed by atoms with E-state index in [1.54, 1.807) is 20.9 Å². The zero-order chi connectivity index (χ0) is 14.6. The normalized spacial score (nSPS) is 12.0. The predicted octanol–water partition coefficient (Wildman–Crippen LogP) is 0.827. The van der Waals surface area contributed by atoms with Crippen molar-refractivity contribution >= 4 is 17.4 Å². The number of nitrogens with one attached hydrogen (secondary N) is 2. The molecule has 8 heteroatoms. The van der Waals surface area contributed by atoms with Crippen molar-refractivity contribution in [2.75, 3.05) is 11.9 Å². The lowest BCUT2D eigenvalue weighted by Crippen LogP contribution is -2.37. The summed E-state index contributed by atoms with van der Waals surface area (Å²) in [6.07, 6.45) is 0.460. The van der Waals surface area contributed by atoms with Crippen LogP contribution in [0.4, 0.5) is 11.5 Å². The molecular formula is C11H19N5O3. The van der Waals surface area contributed by atoms with E-state index in [4.69, 9.17) is 0 Å². The lowest BCUT2D eigenvalue weighted by molar-refractivity contribution is -0.384. The van der Waals surface area contributed by atoms with Gasteiger partial charge in [-0.1, -0.05) is 6.92 Å². The fourth-order valence-electron chi connectivity index (χ4n) is 1.76. The summed E-state index contributed by atoms with van der Waals surface area (Å²) in [5.41, 5.74) is 0.333. The molecule has 0 saturated heterocycles. The Kier molecular flexibility index (Phi) is 4.85. The van der Waals surface area contributed by atoms with Crippen LogP contribution in [0.15, 0.2) is 0 Å². The van der Waals surface area contributed by atoms with Gasteiger partial charge in [-0.3, -0.25) is 14.9 Å². The lowest BCUT2D eigenvalue weighted by Gasteiger charge is -2.13. The quantitative estimate of drug-likeness (QED) is 0.588. The predicted molar refractivity (Wildman–Crippen MR) is 71.0 cm³/mol. The molecule has 1 heterocycles. The largest absolute Gasteiger partial charge is 0.355 e. The molecule has 19 heavy (non-hydrogen) atoms. The van der Waals surface area contributed by atoms with Gasteiger partial charge in [0, 0.05) is 13.6 Å². The van der Waals surface area contributed by atoms with Gasteiger partial charge in [-0.05, 0) is 20.3 Å². The number of hydrogen-bond donors (Lipinski definition) is 2. The van der Waals surface area contributed by atoms with Crippen molar-refractivity contribution in [2.24, 2.45) is 7.05 Å². The first-order valence-corrected chi connectivity index (χ1v) is 6.16. The molecule has 106 valence electrons. The van der Waals surface area contributed by atoms with Gasteiger partial charge in [0.15, 0.2) is 0 Å². The average Bonchev–Trinajstić information content (AvgIpc) is 2.66. The van der Waals surface area contributed by atoms with Gasteiger partial charge in [0.2, 0.25) is 11.7 Å². The Morgan fingerprint density at radius 3 is 2.63 bits per heavy atom. The third-order valence-electron chi connectivity index (χ3n) is 2.71. The third-order valence-corrected chi connectivity index (χ3v) is 2.71. The number of carbonyl (C=O) groups is 1. The van der Waals surface area contributed by atoms with Crippen LogP contribution in [-0.4, -0.2) is 33.2 Å². The van der Waals surface area contributed by atoms with Gasteiger partial charge in [0.25, 0.3) is 0 Å². The monoisotopic (exact) mass is 269 g/mol. The Bertz CT molecular complexity index is 483. The van der Waals surface area contributed by atoms with Gasteiger partial charge < -0.3 is 10.6 Å². The standard InChI is InChI=1S/C11H19N5O3/c1-5-8-9(16(18)19)10(15(4)14-8)13-7(3)11(17)12-6-2/h7,13H,5-6H2,1-4H3,(H,12,17). The minimum absolute atomic E-state index is 0.0684. The molecule has 1 unspecified atom stereocenters. The summed E-state index contributed by atoms with van der Waals surface area (Å²) in [6, 6.07) is -0.571. The molecular weight excluding hydrogens is 250 g/mol. The molecule has 1 aromatic rings. The molecule has 1 rings (SSSR count). The molecule has 0 radical (unpaired) electrons. The van der Waals surface area contributed by atoms with E-state index in [1.807, 2.05) is 6.92 Å². The molecule has 8 nitrogen and oxygen atoms in total. The molecule has 0 aliphatic carbocycles. The number of amides is 1. The van der Waals surface area contributed by atoms with Crippen LogP contribution in [0.2, 0.25) is 0 Å². The van der Waals surface area contributed by atoms with Crippen LogP contribution in [0.5, 0.6) is 0 Å². The maximum Gasteiger partial charge on any atom is 0.334 e. The molecule has 1 atom stereocenters. The van der Waals surface area contributed by atoms with Gasteiger partial charge >= 0.3 is 5.69 Å². The number of carbonyl (C=O) groups excluding carboxylic acids is 1. The van der Waals surface area contributed by atoms with Crippen molar-refractivity contribution in [3.63, 3.8) is 0 Å². The molecule has 0 aromatic carbocycles. The molecule has 2 N–H and O–H groups in total. The highest BCUT2D eigenvalue weighted by molar-refractivity contribution is 5.84. The zero-order valence-corrected chi connectivity index (χ0v) is 11.6. The van der Waals surface area contributed by atoms with E-state index < -0.39 is 11.0 Å². The van der Waals surface area contributed by atoms with Gasteiger partial charge in [0.1, 0.15) is 11.7 Å². The van der Waals surface area contributed by atoms with E-state index >= 15 is 0 Å². The van der Waals surface area contributed by atoms with Crippen LogP contribution in [-0.2, 0) is 18.3 Å². The number of rotatable bonds is 6. The first kappa shape index (κ1) is 14.9. The Hall–Kier alpha value is -2.12. The summed E-state index contributed by atoms with van der Waals surface area (Å²) in [5, 5.41) is 20.7. The van der Waals surface area contributed by atoms with Gasteiger partial charge in [-0.25, -0.2) is 4.68 Å². The van der Waals surface area contributed by atoms with Crippen LogP contribution >= 0.6 is 0 Å². The summed E-state index contributed by atoms with van der Waals surface area (Å²) in [4.78, 5) is 22.3. The minimum atomic E-state index is -0.571. The second-order valence-corrected chi connectivity index (χ2v) is 4.14. The number of anilines is 1. The summed E-state index contributed by atoms with van der Waals surface area (Å²) in [7, 11) is 1.61. The Balaban J connectivity index is 3.03. The Labute approximate surface area is 111 Å². The van der Waals surface area contributed by atoms with Crippen LogP contribution in [0, 0.1) is 10.1 Å². The highest BCUT2D eigenvalue weighted by atomic mass is 16.6. The molecule has 0 fully saturated rings. The maximum absolute atomic E-state index is 11.6. The molecule has 0 spiro atoms. The van der Waals surface area contributed by atoms with Crippen molar-refractivity contribution in [2.45, 2.75) is 33.2 Å². The van der Waals surface area contributed by atoms with Crippen molar-refractivity contribution in [1.82, 2.24) is 15.1 Å². The zero-order valence-electron chi connectivity index (χ0n) is 11.6. The lowest BCUT2D eigenvalue weighted by atomic mass is 10.2. The summed E-state index contributed by atoms with van der Waals surface area (Å²) < 4.78 is 1.40. The van der Waals surface area contributed by atoms with E-state index in [0.29, 0.717) is 18.7 Å². The molecule has 0 saturated carbocycles.